The molecule has 1 unspecified atom stereocenters. The first kappa shape index (κ1) is 19.4. The molecule has 0 aliphatic heterocycles. The maximum Gasteiger partial charge on any atom is 0.233 e. The second kappa shape index (κ2) is 9.05. The highest BCUT2D eigenvalue weighted by Gasteiger charge is 2.20. The lowest BCUT2D eigenvalue weighted by Gasteiger charge is -2.13. The van der Waals surface area contributed by atoms with E-state index in [4.69, 9.17) is 4.74 Å². The fourth-order valence-corrected chi connectivity index (χ4v) is 4.19. The molecule has 0 saturated carbocycles. The predicted octanol–water partition coefficient (Wildman–Crippen LogP) is 3.83. The zero-order valence-corrected chi connectivity index (χ0v) is 17.1. The van der Waals surface area contributed by atoms with Crippen LogP contribution in [0.2, 0.25) is 0 Å². The Balaban J connectivity index is 1.61. The molecule has 0 aliphatic rings. The van der Waals surface area contributed by atoms with Crippen LogP contribution in [0.5, 0.6) is 5.75 Å². The normalized spacial score (nSPS) is 12.0. The van der Waals surface area contributed by atoms with E-state index in [1.54, 1.807) is 18.4 Å². The third-order valence-corrected chi connectivity index (χ3v) is 6.00. The smallest absolute Gasteiger partial charge is 0.233 e. The molecule has 1 N–H and O–H groups in total. The van der Waals surface area contributed by atoms with E-state index in [0.717, 1.165) is 33.7 Å². The van der Waals surface area contributed by atoms with Gasteiger partial charge in [0.05, 0.1) is 17.2 Å². The van der Waals surface area contributed by atoms with Gasteiger partial charge in [-0.15, -0.1) is 21.5 Å². The van der Waals surface area contributed by atoms with Gasteiger partial charge in [-0.25, -0.2) is 0 Å². The minimum atomic E-state index is -0.270. The van der Waals surface area contributed by atoms with Crippen LogP contribution in [0.15, 0.2) is 46.9 Å². The Morgan fingerprint density at radius 1 is 1.30 bits per heavy atom. The first-order chi connectivity index (χ1) is 13.1. The molecule has 3 rings (SSSR count). The number of aromatic nitrogens is 3. The number of hydrogen-bond donors (Lipinski definition) is 1. The van der Waals surface area contributed by atoms with E-state index in [1.807, 2.05) is 53.3 Å². The van der Waals surface area contributed by atoms with Crippen molar-refractivity contribution in [3.8, 4) is 16.5 Å². The second-order valence-corrected chi connectivity index (χ2v) is 8.11. The summed E-state index contributed by atoms with van der Waals surface area (Å²) in [5, 5.41) is 14.1. The van der Waals surface area contributed by atoms with Crippen LogP contribution in [-0.2, 0) is 17.9 Å². The highest BCUT2D eigenvalue weighted by Crippen LogP contribution is 2.29. The number of rotatable bonds is 8. The van der Waals surface area contributed by atoms with Crippen LogP contribution in [0.25, 0.3) is 10.7 Å². The first-order valence-electron chi connectivity index (χ1n) is 8.66. The van der Waals surface area contributed by atoms with Gasteiger partial charge in [0, 0.05) is 13.1 Å². The van der Waals surface area contributed by atoms with Crippen molar-refractivity contribution in [2.75, 3.05) is 7.11 Å². The number of thiophene rings is 1. The van der Waals surface area contributed by atoms with Gasteiger partial charge in [0.25, 0.3) is 0 Å². The van der Waals surface area contributed by atoms with Crippen LogP contribution in [0, 0.1) is 0 Å². The summed E-state index contributed by atoms with van der Waals surface area (Å²) >= 11 is 3.06. The molecule has 0 saturated heterocycles. The fraction of sp³-hybridized carbons (Fsp3) is 0.316. The van der Waals surface area contributed by atoms with Crippen molar-refractivity contribution in [1.82, 2.24) is 20.1 Å². The molecule has 3 aromatic rings. The van der Waals surface area contributed by atoms with E-state index >= 15 is 0 Å². The molecule has 8 heteroatoms. The van der Waals surface area contributed by atoms with Crippen LogP contribution >= 0.6 is 23.1 Å². The van der Waals surface area contributed by atoms with E-state index in [2.05, 4.69) is 22.4 Å². The zero-order chi connectivity index (χ0) is 19.2. The van der Waals surface area contributed by atoms with Crippen LogP contribution in [0.4, 0.5) is 0 Å². The number of amides is 1. The molecule has 1 aromatic carbocycles. The quantitative estimate of drug-likeness (QED) is 0.580. The van der Waals surface area contributed by atoms with Crippen LogP contribution in [-0.4, -0.2) is 33.0 Å². The van der Waals surface area contributed by atoms with E-state index in [0.29, 0.717) is 6.54 Å². The number of thioether (sulfide) groups is 1. The monoisotopic (exact) mass is 402 g/mol. The average molecular weight is 403 g/mol. The fourth-order valence-electron chi connectivity index (χ4n) is 2.54. The molecule has 0 radical (unpaired) electrons. The van der Waals surface area contributed by atoms with Gasteiger partial charge in [-0.2, -0.15) is 0 Å². The minimum Gasteiger partial charge on any atom is -0.497 e. The van der Waals surface area contributed by atoms with Gasteiger partial charge >= 0.3 is 0 Å². The number of benzene rings is 1. The largest absolute Gasteiger partial charge is 0.497 e. The molecular formula is C19H22N4O2S2. The summed E-state index contributed by atoms with van der Waals surface area (Å²) in [5.74, 6) is 1.62. The lowest BCUT2D eigenvalue weighted by molar-refractivity contribution is -0.120. The standard InChI is InChI=1S/C19H22N4O2S2/c1-4-23-17(16-6-5-11-26-16)21-22-19(23)27-13(2)18(24)20-12-14-7-9-15(25-3)10-8-14/h5-11,13H,4,12H2,1-3H3,(H,20,24). The van der Waals surface area contributed by atoms with Gasteiger partial charge in [0.15, 0.2) is 11.0 Å². The molecule has 2 heterocycles. The molecule has 2 aromatic heterocycles. The lowest BCUT2D eigenvalue weighted by Crippen LogP contribution is -2.30. The summed E-state index contributed by atoms with van der Waals surface area (Å²) in [7, 11) is 1.63. The van der Waals surface area contributed by atoms with Gasteiger partial charge in [-0.05, 0) is 43.0 Å². The lowest BCUT2D eigenvalue weighted by atomic mass is 10.2. The highest BCUT2D eigenvalue weighted by molar-refractivity contribution is 8.00. The van der Waals surface area contributed by atoms with Crippen molar-refractivity contribution in [1.29, 1.82) is 0 Å². The minimum absolute atomic E-state index is 0.0286. The molecule has 1 amide bonds. The van der Waals surface area contributed by atoms with E-state index < -0.39 is 0 Å². The molecular weight excluding hydrogens is 380 g/mol. The number of ether oxygens (including phenoxy) is 1. The van der Waals surface area contributed by atoms with Gasteiger partial charge in [-0.1, -0.05) is 30.0 Å². The Bertz CT molecular complexity index is 876. The summed E-state index contributed by atoms with van der Waals surface area (Å²) in [6.45, 7) is 5.17. The summed E-state index contributed by atoms with van der Waals surface area (Å²) < 4.78 is 7.19. The molecule has 1 atom stereocenters. The maximum absolute atomic E-state index is 12.5. The molecule has 27 heavy (non-hydrogen) atoms. The van der Waals surface area contributed by atoms with Gasteiger partial charge in [0.2, 0.25) is 5.91 Å². The van der Waals surface area contributed by atoms with E-state index in [9.17, 15) is 4.79 Å². The summed E-state index contributed by atoms with van der Waals surface area (Å²) in [6.07, 6.45) is 0. The van der Waals surface area contributed by atoms with Crippen LogP contribution in [0.3, 0.4) is 0 Å². The van der Waals surface area contributed by atoms with Crippen molar-refractivity contribution in [2.24, 2.45) is 0 Å². The Morgan fingerprint density at radius 3 is 2.70 bits per heavy atom. The molecule has 6 nitrogen and oxygen atoms in total. The number of methoxy groups -OCH3 is 1. The Kier molecular flexibility index (Phi) is 6.52. The molecule has 0 spiro atoms. The Hall–Kier alpha value is -2.32. The van der Waals surface area contributed by atoms with Gasteiger partial charge in [0.1, 0.15) is 5.75 Å². The SMILES string of the molecule is CCn1c(SC(C)C(=O)NCc2ccc(OC)cc2)nnc1-c1cccs1. The Labute approximate surface area is 167 Å². The van der Waals surface area contributed by atoms with Gasteiger partial charge in [-0.3, -0.25) is 4.79 Å². The van der Waals surface area contributed by atoms with Crippen molar-refractivity contribution >= 4 is 29.0 Å². The molecule has 0 aliphatic carbocycles. The topological polar surface area (TPSA) is 69.0 Å². The molecule has 0 fully saturated rings. The maximum atomic E-state index is 12.5. The van der Waals surface area contributed by atoms with Crippen LogP contribution < -0.4 is 10.1 Å². The van der Waals surface area contributed by atoms with Crippen molar-refractivity contribution < 1.29 is 9.53 Å². The molecule has 0 bridgehead atoms. The summed E-state index contributed by atoms with van der Waals surface area (Å²) in [4.78, 5) is 13.5. The van der Waals surface area contributed by atoms with Crippen LogP contribution in [0.1, 0.15) is 19.4 Å². The molecule has 142 valence electrons. The van der Waals surface area contributed by atoms with E-state index in [1.165, 1.54) is 11.8 Å². The highest BCUT2D eigenvalue weighted by atomic mass is 32.2. The van der Waals surface area contributed by atoms with Crippen molar-refractivity contribution in [3.05, 3.63) is 47.3 Å². The van der Waals surface area contributed by atoms with E-state index in [-0.39, 0.29) is 11.2 Å². The number of nitrogens with zero attached hydrogens (tertiary/aromatic N) is 3. The number of carbonyl (C=O) groups is 1. The van der Waals surface area contributed by atoms with Gasteiger partial charge < -0.3 is 14.6 Å². The zero-order valence-electron chi connectivity index (χ0n) is 15.5. The number of hydrogen-bond acceptors (Lipinski definition) is 6. The number of nitrogens with one attached hydrogen (secondary N) is 1. The predicted molar refractivity (Wildman–Crippen MR) is 109 cm³/mol. The summed E-state index contributed by atoms with van der Waals surface area (Å²) in [5.41, 5.74) is 1.03. The van der Waals surface area contributed by atoms with Crippen molar-refractivity contribution in [3.63, 3.8) is 0 Å². The van der Waals surface area contributed by atoms with Crippen molar-refractivity contribution in [2.45, 2.75) is 37.3 Å². The first-order valence-corrected chi connectivity index (χ1v) is 10.4. The average Bonchev–Trinajstić information content (AvgIpc) is 3.35. The third-order valence-electron chi connectivity index (χ3n) is 4.05. The second-order valence-electron chi connectivity index (χ2n) is 5.85. The number of carbonyl (C=O) groups excluding carboxylic acids is 1. The Morgan fingerprint density at radius 2 is 2.07 bits per heavy atom. The third kappa shape index (κ3) is 4.70. The summed E-state index contributed by atoms with van der Waals surface area (Å²) in [6, 6.07) is 11.7.